The van der Waals surface area contributed by atoms with Crippen LogP contribution in [-0.4, -0.2) is 13.2 Å². The van der Waals surface area contributed by atoms with E-state index in [2.05, 4.69) is 79.0 Å². The van der Waals surface area contributed by atoms with Crippen LogP contribution in [0, 0.1) is 0 Å². The molecule has 0 amide bonds. The topological polar surface area (TPSA) is 18.5 Å². The third kappa shape index (κ3) is 5.41. The van der Waals surface area contributed by atoms with Crippen molar-refractivity contribution in [2.24, 2.45) is 0 Å². The van der Waals surface area contributed by atoms with Crippen molar-refractivity contribution in [3.05, 3.63) is 60.7 Å². The van der Waals surface area contributed by atoms with Crippen LogP contribution in [0.15, 0.2) is 49.6 Å². The van der Waals surface area contributed by atoms with E-state index < -0.39 is 0 Å². The number of benzene rings is 2. The molecule has 2 nitrogen and oxygen atoms in total. The van der Waals surface area contributed by atoms with Crippen molar-refractivity contribution in [1.29, 1.82) is 0 Å². The Morgan fingerprint density at radius 3 is 1.32 bits per heavy atom. The van der Waals surface area contributed by atoms with Crippen LogP contribution in [0.1, 0.15) is 65.5 Å². The predicted molar refractivity (Wildman–Crippen MR) is 122 cm³/mol. The standard InChI is InChI=1S/C26H36O2/c1-9-11-13-27-23-17-19(25(3,4)5)16-22-21(23)15-20(26(6,7)8)18-24(22)28-14-12-10-2/h9-10,15-18H,1-2,11-14H2,3-8H3. The van der Waals surface area contributed by atoms with Crippen molar-refractivity contribution in [1.82, 2.24) is 0 Å². The maximum absolute atomic E-state index is 6.20. The van der Waals surface area contributed by atoms with Gasteiger partial charge in [-0.25, -0.2) is 0 Å². The van der Waals surface area contributed by atoms with Crippen molar-refractivity contribution in [3.8, 4) is 11.5 Å². The van der Waals surface area contributed by atoms with E-state index in [-0.39, 0.29) is 10.8 Å². The molecule has 0 unspecified atom stereocenters. The zero-order chi connectivity index (χ0) is 20.9. The molecule has 2 rings (SSSR count). The fourth-order valence-electron chi connectivity index (χ4n) is 3.00. The second-order valence-corrected chi connectivity index (χ2v) is 9.40. The summed E-state index contributed by atoms with van der Waals surface area (Å²) in [4.78, 5) is 0. The SMILES string of the molecule is C=CCCOc1cc(C(C)(C)C)cc2c(OCCC=C)cc(C(C)(C)C)cc12. The molecule has 0 atom stereocenters. The van der Waals surface area contributed by atoms with Crippen molar-refractivity contribution < 1.29 is 9.47 Å². The quantitative estimate of drug-likeness (QED) is 0.352. The number of fused-ring (bicyclic) bond motifs is 1. The largest absolute Gasteiger partial charge is 0.493 e. The average molecular weight is 381 g/mol. The zero-order valence-corrected chi connectivity index (χ0v) is 18.5. The maximum Gasteiger partial charge on any atom is 0.127 e. The lowest BCUT2D eigenvalue weighted by molar-refractivity contribution is 0.324. The van der Waals surface area contributed by atoms with E-state index in [4.69, 9.17) is 9.47 Å². The molecule has 0 heterocycles. The summed E-state index contributed by atoms with van der Waals surface area (Å²) in [7, 11) is 0. The Hall–Kier alpha value is -2.22. The molecule has 0 radical (unpaired) electrons. The predicted octanol–water partition coefficient (Wildman–Crippen LogP) is 7.34. The van der Waals surface area contributed by atoms with E-state index in [0.29, 0.717) is 13.2 Å². The zero-order valence-electron chi connectivity index (χ0n) is 18.5. The summed E-state index contributed by atoms with van der Waals surface area (Å²) in [5, 5.41) is 2.22. The number of rotatable bonds is 8. The Kier molecular flexibility index (Phi) is 6.98. The van der Waals surface area contributed by atoms with Crippen LogP contribution in [0.25, 0.3) is 10.8 Å². The molecule has 2 aromatic carbocycles. The second-order valence-electron chi connectivity index (χ2n) is 9.40. The summed E-state index contributed by atoms with van der Waals surface area (Å²) in [6, 6.07) is 8.88. The van der Waals surface area contributed by atoms with E-state index >= 15 is 0 Å². The van der Waals surface area contributed by atoms with Crippen LogP contribution in [-0.2, 0) is 10.8 Å². The summed E-state index contributed by atoms with van der Waals surface area (Å²) < 4.78 is 12.4. The number of ether oxygens (including phenoxy) is 2. The van der Waals surface area contributed by atoms with Gasteiger partial charge in [-0.05, 0) is 59.1 Å². The van der Waals surface area contributed by atoms with Gasteiger partial charge in [0.25, 0.3) is 0 Å². The normalized spacial score (nSPS) is 12.1. The third-order valence-corrected chi connectivity index (χ3v) is 4.89. The minimum Gasteiger partial charge on any atom is -0.493 e. The van der Waals surface area contributed by atoms with Crippen molar-refractivity contribution in [2.45, 2.75) is 65.2 Å². The van der Waals surface area contributed by atoms with Crippen LogP contribution < -0.4 is 9.47 Å². The molecule has 0 bridgehead atoms. The lowest BCUT2D eigenvalue weighted by Gasteiger charge is -2.25. The summed E-state index contributed by atoms with van der Waals surface area (Å²) >= 11 is 0. The van der Waals surface area contributed by atoms with Crippen molar-refractivity contribution in [2.75, 3.05) is 13.2 Å². The van der Waals surface area contributed by atoms with Crippen LogP contribution in [0.2, 0.25) is 0 Å². The van der Waals surface area contributed by atoms with Gasteiger partial charge in [0, 0.05) is 10.8 Å². The van der Waals surface area contributed by atoms with E-state index in [1.54, 1.807) is 0 Å². The highest BCUT2D eigenvalue weighted by atomic mass is 16.5. The first kappa shape index (κ1) is 22.1. The Bertz CT molecular complexity index is 761. The highest BCUT2D eigenvalue weighted by Crippen LogP contribution is 2.40. The van der Waals surface area contributed by atoms with Gasteiger partial charge in [0.05, 0.1) is 13.2 Å². The lowest BCUT2D eigenvalue weighted by Crippen LogP contribution is -2.14. The monoisotopic (exact) mass is 380 g/mol. The first-order chi connectivity index (χ1) is 13.1. The van der Waals surface area contributed by atoms with E-state index in [1.807, 2.05) is 12.2 Å². The second kappa shape index (κ2) is 8.86. The van der Waals surface area contributed by atoms with Crippen LogP contribution >= 0.6 is 0 Å². The van der Waals surface area contributed by atoms with Crippen molar-refractivity contribution >= 4 is 10.8 Å². The Morgan fingerprint density at radius 1 is 0.679 bits per heavy atom. The third-order valence-electron chi connectivity index (χ3n) is 4.89. The van der Waals surface area contributed by atoms with Crippen LogP contribution in [0.3, 0.4) is 0 Å². The van der Waals surface area contributed by atoms with E-state index in [0.717, 1.165) is 35.1 Å². The number of hydrogen-bond donors (Lipinski definition) is 0. The van der Waals surface area contributed by atoms with Gasteiger partial charge in [0.1, 0.15) is 11.5 Å². The molecule has 0 aliphatic carbocycles. The average Bonchev–Trinajstić information content (AvgIpc) is 2.60. The Balaban J connectivity index is 2.72. The molecule has 0 aliphatic rings. The molecule has 0 saturated carbocycles. The molecule has 152 valence electrons. The minimum absolute atomic E-state index is 0.0197. The molecule has 0 aromatic heterocycles. The van der Waals surface area contributed by atoms with Gasteiger partial charge in [-0.1, -0.05) is 53.7 Å². The van der Waals surface area contributed by atoms with Crippen molar-refractivity contribution in [3.63, 3.8) is 0 Å². The van der Waals surface area contributed by atoms with Gasteiger partial charge in [-0.2, -0.15) is 0 Å². The van der Waals surface area contributed by atoms with Crippen LogP contribution in [0.5, 0.6) is 11.5 Å². The summed E-state index contributed by atoms with van der Waals surface area (Å²) in [6.45, 7) is 22.2. The van der Waals surface area contributed by atoms with E-state index in [1.165, 1.54) is 11.1 Å². The molecule has 0 N–H and O–H groups in total. The molecule has 28 heavy (non-hydrogen) atoms. The molecule has 0 aliphatic heterocycles. The molecule has 2 heteroatoms. The van der Waals surface area contributed by atoms with Gasteiger partial charge in [0.2, 0.25) is 0 Å². The summed E-state index contributed by atoms with van der Waals surface area (Å²) in [5.41, 5.74) is 2.52. The molecular weight excluding hydrogens is 344 g/mol. The first-order valence-corrected chi connectivity index (χ1v) is 10.2. The highest BCUT2D eigenvalue weighted by Gasteiger charge is 2.22. The molecule has 0 spiro atoms. The van der Waals surface area contributed by atoms with E-state index in [9.17, 15) is 0 Å². The van der Waals surface area contributed by atoms with Gasteiger partial charge in [-0.3, -0.25) is 0 Å². The fourth-order valence-corrected chi connectivity index (χ4v) is 3.00. The lowest BCUT2D eigenvalue weighted by atomic mass is 9.82. The first-order valence-electron chi connectivity index (χ1n) is 10.2. The number of hydrogen-bond acceptors (Lipinski definition) is 2. The minimum atomic E-state index is 0.0197. The molecule has 2 aromatic rings. The molecular formula is C26H36O2. The van der Waals surface area contributed by atoms with Crippen LogP contribution in [0.4, 0.5) is 0 Å². The molecule has 0 saturated heterocycles. The fraction of sp³-hybridized carbons (Fsp3) is 0.462. The summed E-state index contributed by atoms with van der Waals surface area (Å²) in [5.74, 6) is 1.84. The van der Waals surface area contributed by atoms with Gasteiger partial charge in [-0.15, -0.1) is 13.2 Å². The Labute approximate surface area is 171 Å². The van der Waals surface area contributed by atoms with Gasteiger partial charge >= 0.3 is 0 Å². The van der Waals surface area contributed by atoms with Gasteiger partial charge in [0.15, 0.2) is 0 Å². The Morgan fingerprint density at radius 2 is 1.04 bits per heavy atom. The maximum atomic E-state index is 6.20. The molecule has 0 fully saturated rings. The van der Waals surface area contributed by atoms with Gasteiger partial charge < -0.3 is 9.47 Å². The smallest absolute Gasteiger partial charge is 0.127 e. The highest BCUT2D eigenvalue weighted by molar-refractivity contribution is 5.95. The summed E-state index contributed by atoms with van der Waals surface area (Å²) in [6.07, 6.45) is 5.42.